The Kier molecular flexibility index (Phi) is 5.17. The third-order valence-corrected chi connectivity index (χ3v) is 2.16. The Bertz CT molecular complexity index is 403. The van der Waals surface area contributed by atoms with Crippen LogP contribution in [0.5, 0.6) is 5.75 Å². The Morgan fingerprint density at radius 1 is 0.944 bits per heavy atom. The van der Waals surface area contributed by atoms with Crippen molar-refractivity contribution in [2.75, 3.05) is 20.3 Å². The number of methoxy groups -OCH3 is 1. The van der Waals surface area contributed by atoms with E-state index >= 15 is 0 Å². The molecule has 0 amide bonds. The molecule has 18 heavy (non-hydrogen) atoms. The van der Waals surface area contributed by atoms with E-state index in [0.717, 1.165) is 0 Å². The summed E-state index contributed by atoms with van der Waals surface area (Å²) in [6, 6.07) is 4.46. The predicted molar refractivity (Wildman–Crippen MR) is 64.9 cm³/mol. The van der Waals surface area contributed by atoms with Crippen LogP contribution in [0.2, 0.25) is 0 Å². The molecule has 0 N–H and O–H groups in total. The molecule has 0 aliphatic rings. The number of esters is 2. The van der Waals surface area contributed by atoms with Crippen molar-refractivity contribution in [3.8, 4) is 5.75 Å². The first-order valence-corrected chi connectivity index (χ1v) is 5.65. The van der Waals surface area contributed by atoms with Crippen LogP contribution in [0.3, 0.4) is 0 Å². The maximum absolute atomic E-state index is 11.6. The highest BCUT2D eigenvalue weighted by Gasteiger charge is 2.14. The van der Waals surface area contributed by atoms with E-state index in [9.17, 15) is 9.59 Å². The third-order valence-electron chi connectivity index (χ3n) is 2.16. The maximum atomic E-state index is 11.6. The summed E-state index contributed by atoms with van der Waals surface area (Å²) in [4.78, 5) is 23.2. The summed E-state index contributed by atoms with van der Waals surface area (Å²) in [5.74, 6) is -0.590. The van der Waals surface area contributed by atoms with Gasteiger partial charge in [-0.05, 0) is 32.0 Å². The van der Waals surface area contributed by atoms with Crippen LogP contribution in [-0.2, 0) is 9.47 Å². The molecular weight excluding hydrogens is 236 g/mol. The van der Waals surface area contributed by atoms with Crippen molar-refractivity contribution in [1.29, 1.82) is 0 Å². The summed E-state index contributed by atoms with van der Waals surface area (Å²) in [6.45, 7) is 3.96. The molecular formula is C13H16O5. The van der Waals surface area contributed by atoms with Gasteiger partial charge < -0.3 is 14.2 Å². The first-order valence-electron chi connectivity index (χ1n) is 5.65. The number of benzene rings is 1. The topological polar surface area (TPSA) is 61.8 Å². The van der Waals surface area contributed by atoms with Gasteiger partial charge in [-0.1, -0.05) is 0 Å². The SMILES string of the molecule is CCOC(=O)c1cc(OC)cc(C(=O)OCC)c1. The zero-order chi connectivity index (χ0) is 13.5. The molecule has 1 aromatic carbocycles. The molecule has 0 aromatic heterocycles. The molecule has 0 aliphatic heterocycles. The molecule has 0 saturated heterocycles. The molecule has 98 valence electrons. The lowest BCUT2D eigenvalue weighted by molar-refractivity contribution is 0.0524. The van der Waals surface area contributed by atoms with E-state index in [4.69, 9.17) is 14.2 Å². The zero-order valence-electron chi connectivity index (χ0n) is 10.7. The number of ether oxygens (including phenoxy) is 3. The van der Waals surface area contributed by atoms with Crippen LogP contribution in [0.4, 0.5) is 0 Å². The van der Waals surface area contributed by atoms with Crippen LogP contribution in [0, 0.1) is 0 Å². The minimum absolute atomic E-state index is 0.263. The van der Waals surface area contributed by atoms with Crippen molar-refractivity contribution in [3.05, 3.63) is 29.3 Å². The van der Waals surface area contributed by atoms with E-state index < -0.39 is 11.9 Å². The Morgan fingerprint density at radius 2 is 1.39 bits per heavy atom. The number of carbonyl (C=O) groups is 2. The molecule has 0 fully saturated rings. The predicted octanol–water partition coefficient (Wildman–Crippen LogP) is 2.05. The average molecular weight is 252 g/mol. The van der Waals surface area contributed by atoms with Crippen LogP contribution < -0.4 is 4.74 Å². The molecule has 0 atom stereocenters. The van der Waals surface area contributed by atoms with Crippen molar-refractivity contribution < 1.29 is 23.8 Å². The summed E-state index contributed by atoms with van der Waals surface area (Å²) in [7, 11) is 1.46. The van der Waals surface area contributed by atoms with Crippen LogP contribution in [0.15, 0.2) is 18.2 Å². The third kappa shape index (κ3) is 3.48. The minimum Gasteiger partial charge on any atom is -0.497 e. The van der Waals surface area contributed by atoms with Crippen LogP contribution in [0.25, 0.3) is 0 Å². The highest BCUT2D eigenvalue weighted by molar-refractivity contribution is 5.96. The monoisotopic (exact) mass is 252 g/mol. The molecule has 1 rings (SSSR count). The smallest absolute Gasteiger partial charge is 0.338 e. The molecule has 5 nitrogen and oxygen atoms in total. The van der Waals surface area contributed by atoms with Crippen LogP contribution in [-0.4, -0.2) is 32.3 Å². The summed E-state index contributed by atoms with van der Waals surface area (Å²) in [6.07, 6.45) is 0. The number of rotatable bonds is 5. The number of hydrogen-bond donors (Lipinski definition) is 0. The standard InChI is InChI=1S/C13H16O5/c1-4-17-12(14)9-6-10(13(15)18-5-2)8-11(7-9)16-3/h6-8H,4-5H2,1-3H3. The van der Waals surface area contributed by atoms with Crippen molar-refractivity contribution in [3.63, 3.8) is 0 Å². The number of hydrogen-bond acceptors (Lipinski definition) is 5. The van der Waals surface area contributed by atoms with Crippen LogP contribution >= 0.6 is 0 Å². The van der Waals surface area contributed by atoms with E-state index in [0.29, 0.717) is 5.75 Å². The Balaban J connectivity index is 3.08. The molecule has 0 saturated carbocycles. The quantitative estimate of drug-likeness (QED) is 0.750. The Labute approximate surface area is 106 Å². The summed E-state index contributed by atoms with van der Waals surface area (Å²) in [5.41, 5.74) is 0.526. The van der Waals surface area contributed by atoms with Gasteiger partial charge in [-0.15, -0.1) is 0 Å². The molecule has 0 spiro atoms. The summed E-state index contributed by atoms with van der Waals surface area (Å²) < 4.78 is 14.8. The van der Waals surface area contributed by atoms with Crippen molar-refractivity contribution in [2.24, 2.45) is 0 Å². The van der Waals surface area contributed by atoms with Gasteiger partial charge in [0.2, 0.25) is 0 Å². The second kappa shape index (κ2) is 6.64. The van der Waals surface area contributed by atoms with Gasteiger partial charge in [0.1, 0.15) is 5.75 Å². The minimum atomic E-state index is -0.498. The fourth-order valence-electron chi connectivity index (χ4n) is 1.38. The average Bonchev–Trinajstić information content (AvgIpc) is 2.38. The van der Waals surface area contributed by atoms with Gasteiger partial charge in [-0.25, -0.2) is 9.59 Å². The zero-order valence-corrected chi connectivity index (χ0v) is 10.7. The first kappa shape index (κ1) is 14.0. The number of carbonyl (C=O) groups excluding carboxylic acids is 2. The van der Waals surface area contributed by atoms with Gasteiger partial charge in [0.15, 0.2) is 0 Å². The van der Waals surface area contributed by atoms with E-state index in [1.807, 2.05) is 0 Å². The normalized spacial score (nSPS) is 9.72. The van der Waals surface area contributed by atoms with Gasteiger partial charge in [0.25, 0.3) is 0 Å². The first-order chi connectivity index (χ1) is 8.62. The fourth-order valence-corrected chi connectivity index (χ4v) is 1.38. The Morgan fingerprint density at radius 3 is 1.72 bits per heavy atom. The van der Waals surface area contributed by atoms with Crippen LogP contribution in [0.1, 0.15) is 34.6 Å². The molecule has 1 aromatic rings. The van der Waals surface area contributed by atoms with E-state index in [1.165, 1.54) is 25.3 Å². The summed E-state index contributed by atoms with van der Waals surface area (Å²) in [5, 5.41) is 0. The second-order valence-corrected chi connectivity index (χ2v) is 3.39. The molecule has 5 heteroatoms. The van der Waals surface area contributed by atoms with E-state index in [2.05, 4.69) is 0 Å². The fraction of sp³-hybridized carbons (Fsp3) is 0.385. The van der Waals surface area contributed by atoms with Gasteiger partial charge in [0, 0.05) is 0 Å². The maximum Gasteiger partial charge on any atom is 0.338 e. The van der Waals surface area contributed by atoms with Crippen molar-refractivity contribution in [1.82, 2.24) is 0 Å². The molecule has 0 radical (unpaired) electrons. The molecule has 0 unspecified atom stereocenters. The van der Waals surface area contributed by atoms with Crippen molar-refractivity contribution in [2.45, 2.75) is 13.8 Å². The largest absolute Gasteiger partial charge is 0.497 e. The van der Waals surface area contributed by atoms with Crippen molar-refractivity contribution >= 4 is 11.9 Å². The lowest BCUT2D eigenvalue weighted by atomic mass is 10.1. The van der Waals surface area contributed by atoms with Gasteiger partial charge in [-0.3, -0.25) is 0 Å². The highest BCUT2D eigenvalue weighted by Crippen LogP contribution is 2.18. The van der Waals surface area contributed by atoms with E-state index in [-0.39, 0.29) is 24.3 Å². The highest BCUT2D eigenvalue weighted by atomic mass is 16.5. The molecule has 0 bridgehead atoms. The molecule has 0 aliphatic carbocycles. The van der Waals surface area contributed by atoms with E-state index in [1.54, 1.807) is 13.8 Å². The summed E-state index contributed by atoms with van der Waals surface area (Å²) >= 11 is 0. The lowest BCUT2D eigenvalue weighted by Gasteiger charge is -2.08. The Hall–Kier alpha value is -2.04. The second-order valence-electron chi connectivity index (χ2n) is 3.39. The lowest BCUT2D eigenvalue weighted by Crippen LogP contribution is -2.09. The van der Waals surface area contributed by atoms with Gasteiger partial charge in [-0.2, -0.15) is 0 Å². The van der Waals surface area contributed by atoms with Gasteiger partial charge in [0.05, 0.1) is 31.5 Å². The molecule has 0 heterocycles. The van der Waals surface area contributed by atoms with Gasteiger partial charge >= 0.3 is 11.9 Å².